The molecule has 2 aromatic heterocycles. The van der Waals surface area contributed by atoms with E-state index in [2.05, 4.69) is 59.1 Å². The molecule has 1 aromatic carbocycles. The molecule has 0 spiro atoms. The van der Waals surface area contributed by atoms with E-state index < -0.39 is 0 Å². The van der Waals surface area contributed by atoms with E-state index in [4.69, 9.17) is 5.73 Å². The van der Waals surface area contributed by atoms with Crippen LogP contribution in [-0.2, 0) is 6.42 Å². The van der Waals surface area contributed by atoms with E-state index in [-0.39, 0.29) is 6.04 Å². The SMILES string of the molecule is Cc1ccc(C(N)Cc2nc(-c3cccs3)cs2)cc1. The second-order valence-corrected chi connectivity index (χ2v) is 6.72. The Bertz CT molecular complexity index is 669. The summed E-state index contributed by atoms with van der Waals surface area (Å²) in [5.74, 6) is 0. The lowest BCUT2D eigenvalue weighted by molar-refractivity contribution is 0.718. The Morgan fingerprint density at radius 2 is 1.95 bits per heavy atom. The molecular weight excluding hydrogens is 284 g/mol. The molecule has 4 heteroatoms. The molecule has 102 valence electrons. The number of nitrogens with two attached hydrogens (primary N) is 1. The van der Waals surface area contributed by atoms with Crippen LogP contribution < -0.4 is 5.73 Å². The summed E-state index contributed by atoms with van der Waals surface area (Å²) >= 11 is 3.41. The molecule has 3 rings (SSSR count). The van der Waals surface area contributed by atoms with Crippen LogP contribution in [0.2, 0.25) is 0 Å². The second kappa shape index (κ2) is 5.87. The number of benzene rings is 1. The maximum atomic E-state index is 6.27. The lowest BCUT2D eigenvalue weighted by atomic mass is 10.0. The van der Waals surface area contributed by atoms with Gasteiger partial charge in [-0.3, -0.25) is 0 Å². The molecule has 3 aromatic rings. The van der Waals surface area contributed by atoms with Crippen LogP contribution in [0.5, 0.6) is 0 Å². The molecule has 20 heavy (non-hydrogen) atoms. The predicted molar refractivity (Wildman–Crippen MR) is 87.2 cm³/mol. The summed E-state index contributed by atoms with van der Waals surface area (Å²) in [6.45, 7) is 2.09. The van der Waals surface area contributed by atoms with Gasteiger partial charge in [-0.25, -0.2) is 4.98 Å². The highest BCUT2D eigenvalue weighted by Gasteiger charge is 2.11. The van der Waals surface area contributed by atoms with Gasteiger partial charge >= 0.3 is 0 Å². The Morgan fingerprint density at radius 1 is 1.15 bits per heavy atom. The Labute approximate surface area is 126 Å². The van der Waals surface area contributed by atoms with Gasteiger partial charge in [0.15, 0.2) is 0 Å². The molecule has 2 heterocycles. The third kappa shape index (κ3) is 2.98. The molecule has 0 aliphatic rings. The van der Waals surface area contributed by atoms with Crippen LogP contribution in [0.15, 0.2) is 47.2 Å². The first-order valence-electron chi connectivity index (χ1n) is 6.53. The Balaban J connectivity index is 1.73. The first-order valence-corrected chi connectivity index (χ1v) is 8.29. The number of aromatic nitrogens is 1. The lowest BCUT2D eigenvalue weighted by Crippen LogP contribution is -2.13. The number of thiazole rings is 1. The topological polar surface area (TPSA) is 38.9 Å². The van der Waals surface area contributed by atoms with Crippen molar-refractivity contribution in [3.8, 4) is 10.6 Å². The summed E-state index contributed by atoms with van der Waals surface area (Å²) in [5, 5.41) is 5.29. The van der Waals surface area contributed by atoms with Gasteiger partial charge in [-0.1, -0.05) is 35.9 Å². The molecule has 0 saturated carbocycles. The third-order valence-corrected chi connectivity index (χ3v) is 4.99. The number of nitrogens with zero attached hydrogens (tertiary/aromatic N) is 1. The van der Waals surface area contributed by atoms with Gasteiger partial charge in [0, 0.05) is 17.8 Å². The second-order valence-electron chi connectivity index (χ2n) is 4.83. The van der Waals surface area contributed by atoms with Crippen LogP contribution in [0.3, 0.4) is 0 Å². The average molecular weight is 300 g/mol. The Morgan fingerprint density at radius 3 is 2.65 bits per heavy atom. The molecule has 1 atom stereocenters. The number of hydrogen-bond donors (Lipinski definition) is 1. The van der Waals surface area contributed by atoms with Crippen molar-refractivity contribution >= 4 is 22.7 Å². The number of aryl methyl sites for hydroxylation is 1. The smallest absolute Gasteiger partial charge is 0.0951 e. The van der Waals surface area contributed by atoms with Crippen LogP contribution in [0, 0.1) is 6.92 Å². The van der Waals surface area contributed by atoms with Crippen LogP contribution >= 0.6 is 22.7 Å². The summed E-state index contributed by atoms with van der Waals surface area (Å²) in [6, 6.07) is 12.6. The van der Waals surface area contributed by atoms with Crippen LogP contribution in [-0.4, -0.2) is 4.98 Å². The number of thiophene rings is 1. The van der Waals surface area contributed by atoms with E-state index in [0.29, 0.717) is 0 Å². The molecule has 2 nitrogen and oxygen atoms in total. The average Bonchev–Trinajstić information content (AvgIpc) is 3.09. The Hall–Kier alpha value is -1.49. The lowest BCUT2D eigenvalue weighted by Gasteiger charge is -2.10. The zero-order valence-electron chi connectivity index (χ0n) is 11.2. The van der Waals surface area contributed by atoms with E-state index in [1.807, 2.05) is 0 Å². The van der Waals surface area contributed by atoms with Gasteiger partial charge < -0.3 is 5.73 Å². The van der Waals surface area contributed by atoms with Crippen LogP contribution in [0.1, 0.15) is 22.2 Å². The zero-order valence-corrected chi connectivity index (χ0v) is 12.9. The van der Waals surface area contributed by atoms with Crippen LogP contribution in [0.25, 0.3) is 10.6 Å². The van der Waals surface area contributed by atoms with Crippen molar-refractivity contribution in [3.63, 3.8) is 0 Å². The maximum absolute atomic E-state index is 6.27. The third-order valence-electron chi connectivity index (χ3n) is 3.23. The van der Waals surface area contributed by atoms with Crippen molar-refractivity contribution in [1.29, 1.82) is 0 Å². The normalized spacial score (nSPS) is 12.5. The molecule has 1 unspecified atom stereocenters. The van der Waals surface area contributed by atoms with Crippen molar-refractivity contribution in [2.45, 2.75) is 19.4 Å². The molecule has 0 amide bonds. The molecule has 0 aliphatic carbocycles. The fourth-order valence-corrected chi connectivity index (χ4v) is 3.68. The standard InChI is InChI=1S/C16H16N2S2/c1-11-4-6-12(7-5-11)13(17)9-16-18-14(10-20-16)15-3-2-8-19-15/h2-8,10,13H,9,17H2,1H3. The summed E-state index contributed by atoms with van der Waals surface area (Å²) in [5.41, 5.74) is 9.77. The highest BCUT2D eigenvalue weighted by molar-refractivity contribution is 7.14. The van der Waals surface area contributed by atoms with Crippen molar-refractivity contribution < 1.29 is 0 Å². The predicted octanol–water partition coefficient (Wildman–Crippen LogP) is 4.42. The molecule has 0 bridgehead atoms. The van der Waals surface area contributed by atoms with E-state index in [9.17, 15) is 0 Å². The van der Waals surface area contributed by atoms with E-state index in [1.54, 1.807) is 22.7 Å². The fraction of sp³-hybridized carbons (Fsp3) is 0.188. The fourth-order valence-electron chi connectivity index (χ4n) is 2.06. The largest absolute Gasteiger partial charge is 0.324 e. The maximum Gasteiger partial charge on any atom is 0.0951 e. The summed E-state index contributed by atoms with van der Waals surface area (Å²) in [6.07, 6.45) is 0.791. The highest BCUT2D eigenvalue weighted by atomic mass is 32.1. The van der Waals surface area contributed by atoms with Crippen molar-refractivity contribution in [3.05, 3.63) is 63.3 Å². The minimum atomic E-state index is 0.0120. The minimum absolute atomic E-state index is 0.0120. The molecule has 2 N–H and O–H groups in total. The minimum Gasteiger partial charge on any atom is -0.324 e. The first kappa shape index (κ1) is 13.5. The van der Waals surface area contributed by atoms with Gasteiger partial charge in [0.25, 0.3) is 0 Å². The molecule has 0 fully saturated rings. The molecule has 0 aliphatic heterocycles. The number of rotatable bonds is 4. The molecular formula is C16H16N2S2. The van der Waals surface area contributed by atoms with Gasteiger partial charge in [-0.2, -0.15) is 0 Å². The quantitative estimate of drug-likeness (QED) is 0.774. The summed E-state index contributed by atoms with van der Waals surface area (Å²) in [4.78, 5) is 5.90. The van der Waals surface area contributed by atoms with E-state index in [0.717, 1.165) is 17.1 Å². The van der Waals surface area contributed by atoms with Gasteiger partial charge in [-0.05, 0) is 23.9 Å². The van der Waals surface area contributed by atoms with Crippen LogP contribution in [0.4, 0.5) is 0 Å². The van der Waals surface area contributed by atoms with E-state index >= 15 is 0 Å². The number of hydrogen-bond acceptors (Lipinski definition) is 4. The molecule has 0 saturated heterocycles. The highest BCUT2D eigenvalue weighted by Crippen LogP contribution is 2.27. The molecule has 0 radical (unpaired) electrons. The van der Waals surface area contributed by atoms with Crippen molar-refractivity contribution in [2.75, 3.05) is 0 Å². The van der Waals surface area contributed by atoms with Gasteiger partial charge in [-0.15, -0.1) is 22.7 Å². The van der Waals surface area contributed by atoms with Crippen molar-refractivity contribution in [2.24, 2.45) is 5.73 Å². The van der Waals surface area contributed by atoms with Gasteiger partial charge in [0.2, 0.25) is 0 Å². The van der Waals surface area contributed by atoms with Crippen molar-refractivity contribution in [1.82, 2.24) is 4.98 Å². The first-order chi connectivity index (χ1) is 9.72. The zero-order chi connectivity index (χ0) is 13.9. The van der Waals surface area contributed by atoms with Gasteiger partial charge in [0.05, 0.1) is 15.6 Å². The monoisotopic (exact) mass is 300 g/mol. The summed E-state index contributed by atoms with van der Waals surface area (Å²) < 4.78 is 0. The van der Waals surface area contributed by atoms with Gasteiger partial charge in [0.1, 0.15) is 0 Å². The van der Waals surface area contributed by atoms with E-state index in [1.165, 1.54) is 16.0 Å². The Kier molecular flexibility index (Phi) is 3.96. The summed E-state index contributed by atoms with van der Waals surface area (Å²) in [7, 11) is 0.